The SMILES string of the molecule is CCNC(=NCCc1ccc(OC)cc1)NC1CCN(CC(F)(F)F)C1.I. The van der Waals surface area contributed by atoms with Gasteiger partial charge in [-0.25, -0.2) is 0 Å². The molecule has 1 atom stereocenters. The molecular weight excluding hydrogens is 472 g/mol. The van der Waals surface area contributed by atoms with E-state index in [1.54, 1.807) is 7.11 Å². The van der Waals surface area contributed by atoms with Crippen molar-refractivity contribution in [3.8, 4) is 5.75 Å². The summed E-state index contributed by atoms with van der Waals surface area (Å²) >= 11 is 0. The van der Waals surface area contributed by atoms with Gasteiger partial charge in [0.2, 0.25) is 0 Å². The third kappa shape index (κ3) is 9.00. The maximum atomic E-state index is 12.5. The summed E-state index contributed by atoms with van der Waals surface area (Å²) in [5.41, 5.74) is 1.16. The molecule has 27 heavy (non-hydrogen) atoms. The average molecular weight is 500 g/mol. The van der Waals surface area contributed by atoms with Crippen molar-refractivity contribution in [1.82, 2.24) is 15.5 Å². The summed E-state index contributed by atoms with van der Waals surface area (Å²) in [5.74, 6) is 1.47. The van der Waals surface area contributed by atoms with Gasteiger partial charge in [0.1, 0.15) is 5.75 Å². The second kappa shape index (κ2) is 11.6. The number of hydrogen-bond acceptors (Lipinski definition) is 3. The lowest BCUT2D eigenvalue weighted by Crippen LogP contribution is -2.45. The zero-order chi connectivity index (χ0) is 19.0. The van der Waals surface area contributed by atoms with Gasteiger partial charge < -0.3 is 15.4 Å². The van der Waals surface area contributed by atoms with Crippen LogP contribution < -0.4 is 15.4 Å². The molecule has 0 aromatic heterocycles. The molecule has 1 aromatic carbocycles. The first-order chi connectivity index (χ1) is 12.4. The molecule has 0 saturated carbocycles. The topological polar surface area (TPSA) is 48.9 Å². The average Bonchev–Trinajstić information content (AvgIpc) is 3.00. The lowest BCUT2D eigenvalue weighted by molar-refractivity contribution is -0.143. The van der Waals surface area contributed by atoms with Crippen LogP contribution in [0.25, 0.3) is 0 Å². The molecule has 0 bridgehead atoms. The monoisotopic (exact) mass is 500 g/mol. The van der Waals surface area contributed by atoms with Crippen LogP contribution in [0.3, 0.4) is 0 Å². The molecule has 1 aliphatic rings. The number of rotatable bonds is 7. The van der Waals surface area contributed by atoms with Gasteiger partial charge in [-0.15, -0.1) is 24.0 Å². The molecule has 1 saturated heterocycles. The van der Waals surface area contributed by atoms with Crippen molar-refractivity contribution in [1.29, 1.82) is 0 Å². The van der Waals surface area contributed by atoms with Crippen molar-refractivity contribution < 1.29 is 17.9 Å². The largest absolute Gasteiger partial charge is 0.497 e. The molecule has 0 amide bonds. The molecule has 1 heterocycles. The first kappa shape index (κ1) is 23.8. The van der Waals surface area contributed by atoms with Gasteiger partial charge >= 0.3 is 6.18 Å². The smallest absolute Gasteiger partial charge is 0.401 e. The number of nitrogens with zero attached hydrogens (tertiary/aromatic N) is 2. The lowest BCUT2D eigenvalue weighted by atomic mass is 10.1. The Morgan fingerprint density at radius 3 is 2.59 bits per heavy atom. The summed E-state index contributed by atoms with van der Waals surface area (Å²) in [7, 11) is 1.63. The molecule has 154 valence electrons. The van der Waals surface area contributed by atoms with Gasteiger partial charge in [0.25, 0.3) is 0 Å². The third-order valence-electron chi connectivity index (χ3n) is 4.19. The molecule has 2 rings (SSSR count). The molecule has 2 N–H and O–H groups in total. The highest BCUT2D eigenvalue weighted by molar-refractivity contribution is 14.0. The van der Waals surface area contributed by atoms with Crippen LogP contribution in [0.4, 0.5) is 13.2 Å². The number of likely N-dealkylation sites (tertiary alicyclic amines) is 1. The van der Waals surface area contributed by atoms with Crippen molar-refractivity contribution in [2.75, 3.05) is 39.8 Å². The van der Waals surface area contributed by atoms with Crippen molar-refractivity contribution in [2.24, 2.45) is 4.99 Å². The van der Waals surface area contributed by atoms with E-state index in [1.165, 1.54) is 4.90 Å². The number of hydrogen-bond donors (Lipinski definition) is 2. The zero-order valence-corrected chi connectivity index (χ0v) is 18.0. The van der Waals surface area contributed by atoms with Crippen molar-refractivity contribution in [2.45, 2.75) is 32.0 Å². The van der Waals surface area contributed by atoms with E-state index in [0.717, 1.165) is 17.7 Å². The van der Waals surface area contributed by atoms with Crippen LogP contribution in [-0.4, -0.2) is 62.9 Å². The first-order valence-corrected chi connectivity index (χ1v) is 8.86. The fourth-order valence-electron chi connectivity index (χ4n) is 2.95. The van der Waals surface area contributed by atoms with Gasteiger partial charge in [0.05, 0.1) is 13.7 Å². The van der Waals surface area contributed by atoms with Gasteiger partial charge in [-0.2, -0.15) is 13.2 Å². The van der Waals surface area contributed by atoms with E-state index in [4.69, 9.17) is 4.74 Å². The Hall–Kier alpha value is -1.23. The van der Waals surface area contributed by atoms with Gasteiger partial charge in [0.15, 0.2) is 5.96 Å². The number of nitrogens with one attached hydrogen (secondary N) is 2. The Bertz CT molecular complexity index is 581. The first-order valence-electron chi connectivity index (χ1n) is 8.86. The predicted molar refractivity (Wildman–Crippen MR) is 112 cm³/mol. The standard InChI is InChI=1S/C18H27F3N4O.HI/c1-3-22-17(23-10-8-14-4-6-16(26-2)7-5-14)24-15-9-11-25(12-15)13-18(19,20)21;/h4-7,15H,3,8-13H2,1-2H3,(H2,22,23,24);1H. The van der Waals surface area contributed by atoms with Gasteiger partial charge in [-0.1, -0.05) is 12.1 Å². The third-order valence-corrected chi connectivity index (χ3v) is 4.19. The summed E-state index contributed by atoms with van der Waals surface area (Å²) in [6.07, 6.45) is -2.68. The normalized spacial score (nSPS) is 18.1. The summed E-state index contributed by atoms with van der Waals surface area (Å²) < 4.78 is 42.6. The highest BCUT2D eigenvalue weighted by Crippen LogP contribution is 2.20. The second-order valence-corrected chi connectivity index (χ2v) is 6.34. The molecule has 0 radical (unpaired) electrons. The number of guanidine groups is 1. The number of benzene rings is 1. The van der Waals surface area contributed by atoms with Gasteiger partial charge in [-0.05, 0) is 37.5 Å². The molecule has 1 unspecified atom stereocenters. The molecule has 1 aromatic rings. The van der Waals surface area contributed by atoms with Crippen molar-refractivity contribution in [3.05, 3.63) is 29.8 Å². The Morgan fingerprint density at radius 1 is 1.30 bits per heavy atom. The van der Waals surface area contributed by atoms with Crippen LogP contribution >= 0.6 is 24.0 Å². The highest BCUT2D eigenvalue weighted by atomic mass is 127. The summed E-state index contributed by atoms with van der Waals surface area (Å²) in [6.45, 7) is 3.24. The predicted octanol–water partition coefficient (Wildman–Crippen LogP) is 3.05. The van der Waals surface area contributed by atoms with E-state index in [9.17, 15) is 13.2 Å². The summed E-state index contributed by atoms with van der Waals surface area (Å²) in [6, 6.07) is 7.81. The van der Waals surface area contributed by atoms with Crippen LogP contribution in [-0.2, 0) is 6.42 Å². The summed E-state index contributed by atoms with van der Waals surface area (Å²) in [5, 5.41) is 6.40. The maximum Gasteiger partial charge on any atom is 0.401 e. The number of halogens is 4. The van der Waals surface area contributed by atoms with Crippen molar-refractivity contribution >= 4 is 29.9 Å². The van der Waals surface area contributed by atoms with Crippen LogP contribution in [0.15, 0.2) is 29.3 Å². The Morgan fingerprint density at radius 2 is 2.00 bits per heavy atom. The minimum Gasteiger partial charge on any atom is -0.497 e. The number of alkyl halides is 3. The molecule has 0 spiro atoms. The Balaban J connectivity index is 0.00000364. The maximum absolute atomic E-state index is 12.5. The number of aliphatic imine (C=N–C) groups is 1. The lowest BCUT2D eigenvalue weighted by Gasteiger charge is -2.19. The van der Waals surface area contributed by atoms with Gasteiger partial charge in [0, 0.05) is 32.2 Å². The van der Waals surface area contributed by atoms with Crippen LogP contribution in [0, 0.1) is 0 Å². The quantitative estimate of drug-likeness (QED) is 0.344. The molecular formula is C18H28F3IN4O. The molecule has 0 aliphatic carbocycles. The van der Waals surface area contributed by atoms with Crippen molar-refractivity contribution in [3.63, 3.8) is 0 Å². The van der Waals surface area contributed by atoms with E-state index in [2.05, 4.69) is 15.6 Å². The van der Waals surface area contributed by atoms with Crippen LogP contribution in [0.2, 0.25) is 0 Å². The van der Waals surface area contributed by atoms with E-state index < -0.39 is 12.7 Å². The van der Waals surface area contributed by atoms with E-state index >= 15 is 0 Å². The zero-order valence-electron chi connectivity index (χ0n) is 15.7. The number of methoxy groups -OCH3 is 1. The van der Waals surface area contributed by atoms with E-state index in [1.807, 2.05) is 31.2 Å². The van der Waals surface area contributed by atoms with E-state index in [-0.39, 0.29) is 30.0 Å². The minimum atomic E-state index is -4.15. The fourth-order valence-corrected chi connectivity index (χ4v) is 2.95. The van der Waals surface area contributed by atoms with Crippen LogP contribution in [0.5, 0.6) is 5.75 Å². The Kier molecular flexibility index (Phi) is 10.2. The van der Waals surface area contributed by atoms with E-state index in [0.29, 0.717) is 38.6 Å². The molecule has 5 nitrogen and oxygen atoms in total. The van der Waals surface area contributed by atoms with Gasteiger partial charge in [-0.3, -0.25) is 9.89 Å². The Labute approximate surface area is 175 Å². The summed E-state index contributed by atoms with van der Waals surface area (Å²) in [4.78, 5) is 5.97. The van der Waals surface area contributed by atoms with Crippen LogP contribution in [0.1, 0.15) is 18.9 Å². The highest BCUT2D eigenvalue weighted by Gasteiger charge is 2.34. The fraction of sp³-hybridized carbons (Fsp3) is 0.611. The molecule has 1 fully saturated rings. The minimum absolute atomic E-state index is 0. The number of ether oxygens (including phenoxy) is 1. The molecule has 1 aliphatic heterocycles. The molecule has 9 heteroatoms. The second-order valence-electron chi connectivity index (χ2n) is 6.34.